The molecule has 2 atom stereocenters. The standard InChI is InChI=1S/C14H24N2O3/c1-10-3-4-11(2)16(7-10)14(19)15(9-13(17)18)8-12-5-6-12/h10-12H,3-9H2,1-2H3,(H,17,18). The number of carboxylic acid groups (broad SMARTS) is 1. The fraction of sp³-hybridized carbons (Fsp3) is 0.857. The van der Waals surface area contributed by atoms with E-state index in [9.17, 15) is 9.59 Å². The fourth-order valence-corrected chi connectivity index (χ4v) is 2.72. The van der Waals surface area contributed by atoms with E-state index in [4.69, 9.17) is 5.11 Å². The van der Waals surface area contributed by atoms with Crippen LogP contribution in [-0.4, -0.2) is 52.6 Å². The number of rotatable bonds is 4. The summed E-state index contributed by atoms with van der Waals surface area (Å²) in [5, 5.41) is 8.97. The second kappa shape index (κ2) is 5.80. The Bertz CT molecular complexity index is 355. The summed E-state index contributed by atoms with van der Waals surface area (Å²) in [5.74, 6) is 0.0975. The van der Waals surface area contributed by atoms with Gasteiger partial charge in [0.1, 0.15) is 6.54 Å². The highest BCUT2D eigenvalue weighted by Crippen LogP contribution is 2.30. The molecule has 5 heteroatoms. The third kappa shape index (κ3) is 3.85. The largest absolute Gasteiger partial charge is 0.480 e. The number of carboxylic acids is 1. The van der Waals surface area contributed by atoms with Crippen molar-refractivity contribution in [3.8, 4) is 0 Å². The number of likely N-dealkylation sites (tertiary alicyclic amines) is 1. The average Bonchev–Trinajstić information content (AvgIpc) is 3.14. The number of carbonyl (C=O) groups is 2. The van der Waals surface area contributed by atoms with Gasteiger partial charge in [-0.3, -0.25) is 4.79 Å². The third-order valence-electron chi connectivity index (χ3n) is 4.14. The summed E-state index contributed by atoms with van der Waals surface area (Å²) in [4.78, 5) is 26.9. The molecule has 1 saturated carbocycles. The zero-order valence-corrected chi connectivity index (χ0v) is 11.8. The Labute approximate surface area is 114 Å². The molecule has 2 aliphatic rings. The van der Waals surface area contributed by atoms with Gasteiger partial charge in [-0.2, -0.15) is 0 Å². The molecule has 1 aliphatic heterocycles. The second-order valence-corrected chi connectivity index (χ2v) is 6.18. The Hall–Kier alpha value is -1.26. The number of aliphatic carboxylic acids is 1. The zero-order valence-electron chi connectivity index (χ0n) is 11.8. The molecular weight excluding hydrogens is 244 g/mol. The summed E-state index contributed by atoms with van der Waals surface area (Å²) < 4.78 is 0. The summed E-state index contributed by atoms with van der Waals surface area (Å²) in [6, 6.07) is 0.132. The Morgan fingerprint density at radius 2 is 1.89 bits per heavy atom. The van der Waals surface area contributed by atoms with Gasteiger partial charge in [0, 0.05) is 19.1 Å². The predicted molar refractivity (Wildman–Crippen MR) is 71.9 cm³/mol. The Morgan fingerprint density at radius 3 is 2.47 bits per heavy atom. The molecule has 0 aromatic carbocycles. The lowest BCUT2D eigenvalue weighted by Gasteiger charge is -2.39. The quantitative estimate of drug-likeness (QED) is 0.848. The maximum atomic E-state index is 12.5. The molecule has 1 N–H and O–H groups in total. The molecule has 0 radical (unpaired) electrons. The molecule has 5 nitrogen and oxygen atoms in total. The van der Waals surface area contributed by atoms with Crippen LogP contribution < -0.4 is 0 Å². The minimum atomic E-state index is -0.924. The van der Waals surface area contributed by atoms with Gasteiger partial charge < -0.3 is 14.9 Å². The summed E-state index contributed by atoms with van der Waals surface area (Å²) >= 11 is 0. The maximum Gasteiger partial charge on any atom is 0.323 e. The molecule has 2 fully saturated rings. The summed E-state index contributed by atoms with van der Waals surface area (Å²) in [6.07, 6.45) is 4.40. The summed E-state index contributed by atoms with van der Waals surface area (Å²) in [5.41, 5.74) is 0. The first-order chi connectivity index (χ1) is 8.97. The SMILES string of the molecule is CC1CCC(C)N(C(=O)N(CC(=O)O)CC2CC2)C1. The number of hydrogen-bond donors (Lipinski definition) is 1. The highest BCUT2D eigenvalue weighted by atomic mass is 16.4. The van der Waals surface area contributed by atoms with Crippen LogP contribution in [0, 0.1) is 11.8 Å². The molecule has 2 unspecified atom stereocenters. The van der Waals surface area contributed by atoms with Crippen LogP contribution in [0.15, 0.2) is 0 Å². The van der Waals surface area contributed by atoms with Gasteiger partial charge in [0.15, 0.2) is 0 Å². The molecule has 0 aromatic rings. The first kappa shape index (κ1) is 14.2. The van der Waals surface area contributed by atoms with Crippen LogP contribution in [0.2, 0.25) is 0 Å². The lowest BCUT2D eigenvalue weighted by Crippen LogP contribution is -2.52. The van der Waals surface area contributed by atoms with Crippen LogP contribution in [0.5, 0.6) is 0 Å². The van der Waals surface area contributed by atoms with Crippen molar-refractivity contribution < 1.29 is 14.7 Å². The predicted octanol–water partition coefficient (Wildman–Crippen LogP) is 2.02. The lowest BCUT2D eigenvalue weighted by molar-refractivity contribution is -0.137. The Balaban J connectivity index is 2.01. The van der Waals surface area contributed by atoms with Crippen molar-refractivity contribution >= 4 is 12.0 Å². The van der Waals surface area contributed by atoms with Crippen LogP contribution in [-0.2, 0) is 4.79 Å². The van der Waals surface area contributed by atoms with Gasteiger partial charge in [0.05, 0.1) is 0 Å². The van der Waals surface area contributed by atoms with Crippen molar-refractivity contribution in [1.29, 1.82) is 0 Å². The molecular formula is C14H24N2O3. The van der Waals surface area contributed by atoms with E-state index in [2.05, 4.69) is 13.8 Å². The van der Waals surface area contributed by atoms with Crippen molar-refractivity contribution in [2.75, 3.05) is 19.6 Å². The normalized spacial score (nSPS) is 27.2. The molecule has 0 spiro atoms. The molecule has 19 heavy (non-hydrogen) atoms. The van der Waals surface area contributed by atoms with E-state index in [-0.39, 0.29) is 18.6 Å². The van der Waals surface area contributed by atoms with E-state index in [0.717, 1.165) is 32.2 Å². The third-order valence-corrected chi connectivity index (χ3v) is 4.14. The lowest BCUT2D eigenvalue weighted by atomic mass is 9.95. The Morgan fingerprint density at radius 1 is 1.21 bits per heavy atom. The van der Waals surface area contributed by atoms with Crippen molar-refractivity contribution in [3.63, 3.8) is 0 Å². The number of urea groups is 1. The van der Waals surface area contributed by atoms with E-state index >= 15 is 0 Å². The molecule has 2 amide bonds. The van der Waals surface area contributed by atoms with Crippen LogP contribution >= 0.6 is 0 Å². The van der Waals surface area contributed by atoms with Gasteiger partial charge in [-0.15, -0.1) is 0 Å². The summed E-state index contributed by atoms with van der Waals surface area (Å²) in [7, 11) is 0. The molecule has 2 rings (SSSR count). The maximum absolute atomic E-state index is 12.5. The van der Waals surface area contributed by atoms with Gasteiger partial charge in [-0.05, 0) is 44.4 Å². The van der Waals surface area contributed by atoms with Gasteiger partial charge in [-0.1, -0.05) is 6.92 Å². The molecule has 1 aliphatic carbocycles. The minimum absolute atomic E-state index is 0.0895. The Kier molecular flexibility index (Phi) is 4.32. The zero-order chi connectivity index (χ0) is 14.0. The topological polar surface area (TPSA) is 60.9 Å². The van der Waals surface area contributed by atoms with Crippen molar-refractivity contribution in [3.05, 3.63) is 0 Å². The van der Waals surface area contributed by atoms with E-state index in [1.165, 1.54) is 4.90 Å². The fourth-order valence-electron chi connectivity index (χ4n) is 2.72. The number of carbonyl (C=O) groups excluding carboxylic acids is 1. The van der Waals surface area contributed by atoms with Gasteiger partial charge in [-0.25, -0.2) is 4.79 Å². The molecule has 0 bridgehead atoms. The van der Waals surface area contributed by atoms with Gasteiger partial charge in [0.25, 0.3) is 0 Å². The first-order valence-electron chi connectivity index (χ1n) is 7.24. The van der Waals surface area contributed by atoms with Crippen LogP contribution in [0.4, 0.5) is 4.79 Å². The van der Waals surface area contributed by atoms with E-state index in [0.29, 0.717) is 18.4 Å². The van der Waals surface area contributed by atoms with Crippen molar-refractivity contribution in [2.45, 2.75) is 45.6 Å². The van der Waals surface area contributed by atoms with Crippen LogP contribution in [0.3, 0.4) is 0 Å². The monoisotopic (exact) mass is 268 g/mol. The summed E-state index contributed by atoms with van der Waals surface area (Å²) in [6.45, 7) is 5.38. The van der Waals surface area contributed by atoms with Gasteiger partial charge in [0.2, 0.25) is 0 Å². The first-order valence-corrected chi connectivity index (χ1v) is 7.24. The molecule has 1 heterocycles. The van der Waals surface area contributed by atoms with E-state index in [1.807, 2.05) is 4.90 Å². The number of amides is 2. The number of hydrogen-bond acceptors (Lipinski definition) is 2. The van der Waals surface area contributed by atoms with Crippen LogP contribution in [0.25, 0.3) is 0 Å². The minimum Gasteiger partial charge on any atom is -0.480 e. The van der Waals surface area contributed by atoms with E-state index in [1.54, 1.807) is 0 Å². The van der Waals surface area contributed by atoms with Crippen molar-refractivity contribution in [2.24, 2.45) is 11.8 Å². The molecule has 0 aromatic heterocycles. The second-order valence-electron chi connectivity index (χ2n) is 6.18. The van der Waals surface area contributed by atoms with Gasteiger partial charge >= 0.3 is 12.0 Å². The van der Waals surface area contributed by atoms with E-state index < -0.39 is 5.97 Å². The smallest absolute Gasteiger partial charge is 0.323 e. The average molecular weight is 268 g/mol. The number of nitrogens with zero attached hydrogens (tertiary/aromatic N) is 2. The molecule has 1 saturated heterocycles. The van der Waals surface area contributed by atoms with Crippen LogP contribution in [0.1, 0.15) is 39.5 Å². The number of piperidine rings is 1. The highest BCUT2D eigenvalue weighted by molar-refractivity contribution is 5.80. The molecule has 108 valence electrons. The highest BCUT2D eigenvalue weighted by Gasteiger charge is 2.34. The van der Waals surface area contributed by atoms with Crippen molar-refractivity contribution in [1.82, 2.24) is 9.80 Å².